The van der Waals surface area contributed by atoms with Gasteiger partial charge in [-0.15, -0.1) is 0 Å². The zero-order valence-electron chi connectivity index (χ0n) is 24.4. The highest BCUT2D eigenvalue weighted by molar-refractivity contribution is 7.22. The lowest BCUT2D eigenvalue weighted by Crippen LogP contribution is -2.48. The van der Waals surface area contributed by atoms with E-state index >= 15 is 4.39 Å². The summed E-state index contributed by atoms with van der Waals surface area (Å²) in [6, 6.07) is 2.33. The number of nitrogens with two attached hydrogens (primary N) is 1. The summed E-state index contributed by atoms with van der Waals surface area (Å²) in [6.07, 6.45) is -2.32. The number of fused-ring (bicyclic) bond motifs is 2. The number of rotatable bonds is 8. The third kappa shape index (κ3) is 5.90. The van der Waals surface area contributed by atoms with Crippen molar-refractivity contribution in [2.45, 2.75) is 25.1 Å². The Morgan fingerprint density at radius 3 is 2.57 bits per heavy atom. The van der Waals surface area contributed by atoms with Crippen LogP contribution in [0.1, 0.15) is 18.4 Å². The molecule has 4 heterocycles. The van der Waals surface area contributed by atoms with Gasteiger partial charge in [-0.05, 0) is 43.7 Å². The van der Waals surface area contributed by atoms with Gasteiger partial charge in [-0.25, -0.2) is 18.2 Å². The summed E-state index contributed by atoms with van der Waals surface area (Å²) >= 11 is 0.734. The lowest BCUT2D eigenvalue weighted by molar-refractivity contribution is -0.137. The number of halogens is 6. The molecule has 46 heavy (non-hydrogen) atoms. The minimum atomic E-state index is -5.05. The van der Waals surface area contributed by atoms with Crippen molar-refractivity contribution in [2.24, 2.45) is 0 Å². The van der Waals surface area contributed by atoms with Gasteiger partial charge in [0.25, 0.3) is 0 Å². The predicted molar refractivity (Wildman–Crippen MR) is 163 cm³/mol. The number of hydrogen-bond donors (Lipinski definition) is 1. The second kappa shape index (κ2) is 12.5. The molecular weight excluding hydrogens is 636 g/mol. The number of aromatic nitrogens is 3. The number of benzene rings is 2. The number of carbonyl (C=O) groups excluding carboxylic acids is 1. The average molecular weight is 666 g/mol. The van der Waals surface area contributed by atoms with Gasteiger partial charge in [-0.2, -0.15) is 23.1 Å². The maximum Gasteiger partial charge on any atom is 0.417 e. The van der Waals surface area contributed by atoms with Crippen LogP contribution >= 0.6 is 11.3 Å². The number of nitrogen functional groups attached to an aromatic ring is 1. The van der Waals surface area contributed by atoms with E-state index in [2.05, 4.69) is 21.5 Å². The van der Waals surface area contributed by atoms with Crippen LogP contribution in [0.15, 0.2) is 30.9 Å². The van der Waals surface area contributed by atoms with Gasteiger partial charge in [0, 0.05) is 55.3 Å². The van der Waals surface area contributed by atoms with Gasteiger partial charge in [-0.1, -0.05) is 17.9 Å². The monoisotopic (exact) mass is 665 g/mol. The Balaban J connectivity index is 1.52. The van der Waals surface area contributed by atoms with Crippen LogP contribution in [0.2, 0.25) is 0 Å². The van der Waals surface area contributed by atoms with Crippen LogP contribution in [-0.2, 0) is 11.0 Å². The van der Waals surface area contributed by atoms with Crippen molar-refractivity contribution in [3.63, 3.8) is 0 Å². The summed E-state index contributed by atoms with van der Waals surface area (Å²) in [5.41, 5.74) is 2.61. The van der Waals surface area contributed by atoms with E-state index in [9.17, 15) is 26.7 Å². The molecule has 0 aliphatic carbocycles. The number of likely N-dealkylation sites (tertiary alicyclic amines) is 1. The van der Waals surface area contributed by atoms with Crippen molar-refractivity contribution in [3.05, 3.63) is 48.1 Å². The molecule has 0 spiro atoms. The zero-order valence-corrected chi connectivity index (χ0v) is 25.2. The number of hydrogen-bond acceptors (Lipinski definition) is 9. The molecule has 2 aliphatic rings. The Kier molecular flexibility index (Phi) is 8.67. The van der Waals surface area contributed by atoms with Crippen LogP contribution in [-0.4, -0.2) is 89.3 Å². The van der Waals surface area contributed by atoms with Gasteiger partial charge in [0.2, 0.25) is 5.91 Å². The molecule has 6 rings (SSSR count). The van der Waals surface area contributed by atoms with Crippen LogP contribution in [0.4, 0.5) is 37.3 Å². The summed E-state index contributed by atoms with van der Waals surface area (Å²) in [6.45, 7) is 4.71. The molecule has 2 N–H and O–H groups in total. The van der Waals surface area contributed by atoms with Gasteiger partial charge in [0.1, 0.15) is 30.4 Å². The zero-order chi connectivity index (χ0) is 32.7. The fourth-order valence-electron chi connectivity index (χ4n) is 6.10. The number of anilines is 2. The molecule has 2 aromatic carbocycles. The fraction of sp³-hybridized carbons (Fsp3) is 0.400. The minimum absolute atomic E-state index is 0.00385. The average Bonchev–Trinajstić information content (AvgIpc) is 3.66. The van der Waals surface area contributed by atoms with Crippen molar-refractivity contribution in [1.29, 1.82) is 0 Å². The van der Waals surface area contributed by atoms with E-state index in [1.165, 1.54) is 11.0 Å². The quantitative estimate of drug-likeness (QED) is 0.197. The third-order valence-electron chi connectivity index (χ3n) is 8.32. The smallest absolute Gasteiger partial charge is 0.417 e. The van der Waals surface area contributed by atoms with Crippen LogP contribution in [0.3, 0.4) is 0 Å². The highest BCUT2D eigenvalue weighted by Crippen LogP contribution is 2.46. The van der Waals surface area contributed by atoms with Gasteiger partial charge >= 0.3 is 12.2 Å². The molecule has 1 atom stereocenters. The molecule has 0 radical (unpaired) electrons. The Hall–Kier alpha value is -4.18. The Bertz CT molecular complexity index is 1810. The number of alkyl halides is 4. The van der Waals surface area contributed by atoms with Crippen molar-refractivity contribution < 1.29 is 35.9 Å². The van der Waals surface area contributed by atoms with Crippen LogP contribution in [0, 0.1) is 11.6 Å². The van der Waals surface area contributed by atoms with Gasteiger partial charge in [0.05, 0.1) is 15.8 Å². The predicted octanol–water partition coefficient (Wildman–Crippen LogP) is 5.43. The molecule has 244 valence electrons. The van der Waals surface area contributed by atoms with E-state index < -0.39 is 41.1 Å². The normalized spacial score (nSPS) is 17.7. The molecule has 4 aromatic rings. The molecule has 16 heteroatoms. The second-order valence-corrected chi connectivity index (χ2v) is 12.0. The maximum atomic E-state index is 16.7. The maximum absolute atomic E-state index is 16.7. The molecular formula is C30H29F6N7O2S. The highest BCUT2D eigenvalue weighted by Gasteiger charge is 2.39. The minimum Gasteiger partial charge on any atom is -0.462 e. The Labute approximate surface area is 263 Å². The summed E-state index contributed by atoms with van der Waals surface area (Å²) in [5.74, 6) is -2.38. The summed E-state index contributed by atoms with van der Waals surface area (Å²) < 4.78 is 94.3. The van der Waals surface area contributed by atoms with Crippen LogP contribution in [0.25, 0.3) is 32.2 Å². The number of piperazine rings is 1. The van der Waals surface area contributed by atoms with Crippen molar-refractivity contribution >= 4 is 49.3 Å². The highest BCUT2D eigenvalue weighted by atomic mass is 32.1. The van der Waals surface area contributed by atoms with Crippen LogP contribution < -0.4 is 15.4 Å². The molecule has 2 aromatic heterocycles. The molecule has 2 saturated heterocycles. The largest absolute Gasteiger partial charge is 0.462 e. The fourth-order valence-corrected chi connectivity index (χ4v) is 6.87. The first kappa shape index (κ1) is 31.8. The van der Waals surface area contributed by atoms with E-state index in [1.54, 1.807) is 4.90 Å². The van der Waals surface area contributed by atoms with Gasteiger partial charge in [0.15, 0.2) is 10.9 Å². The van der Waals surface area contributed by atoms with E-state index in [0.717, 1.165) is 42.4 Å². The second-order valence-electron chi connectivity index (χ2n) is 11.0. The standard InChI is InChI=1S/C30H29F6N7O2S/c1-2-21(44)42-10-12-43(13-11-42)27-18-14-19(30(34,35)36)22(17-5-6-20(32)26-25(17)38-28(37)46-26)23(33)24(18)39-29(40-27)45-15-16-4-3-8-41(16)9-7-31/h2,5-6,14,16H,1,3-4,7-13,15H2,(H2,37,38)/t16-/m0/s1. The number of amides is 1. The summed E-state index contributed by atoms with van der Waals surface area (Å²) in [7, 11) is 0. The van der Waals surface area contributed by atoms with E-state index in [-0.39, 0.29) is 89.4 Å². The van der Waals surface area contributed by atoms with Crippen molar-refractivity contribution in [3.8, 4) is 17.1 Å². The van der Waals surface area contributed by atoms with Crippen LogP contribution in [0.5, 0.6) is 6.01 Å². The first-order valence-corrected chi connectivity index (χ1v) is 15.4. The first-order chi connectivity index (χ1) is 22.0. The molecule has 2 fully saturated rings. The summed E-state index contributed by atoms with van der Waals surface area (Å²) in [5, 5.41) is -0.320. The first-order valence-electron chi connectivity index (χ1n) is 14.6. The van der Waals surface area contributed by atoms with E-state index in [4.69, 9.17) is 10.5 Å². The topological polar surface area (TPSA) is 101 Å². The molecule has 2 aliphatic heterocycles. The number of ether oxygens (including phenoxy) is 1. The molecule has 1 amide bonds. The van der Waals surface area contributed by atoms with Crippen molar-refractivity contribution in [2.75, 3.05) is 63.2 Å². The molecule has 9 nitrogen and oxygen atoms in total. The Morgan fingerprint density at radius 2 is 1.87 bits per heavy atom. The molecule has 0 unspecified atom stereocenters. The lowest BCUT2D eigenvalue weighted by Gasteiger charge is -2.35. The SMILES string of the molecule is C=CC(=O)N1CCN(c2nc(OC[C@@H]3CCCN3CCF)nc3c(F)c(-c4ccc(F)c5sc(N)nc45)c(C(F)(F)F)cc23)CC1. The molecule has 0 bridgehead atoms. The van der Waals surface area contributed by atoms with Gasteiger partial charge < -0.3 is 20.3 Å². The summed E-state index contributed by atoms with van der Waals surface area (Å²) in [4.78, 5) is 29.9. The third-order valence-corrected chi connectivity index (χ3v) is 9.21. The van der Waals surface area contributed by atoms with E-state index in [1.807, 2.05) is 4.90 Å². The Morgan fingerprint density at radius 1 is 1.11 bits per heavy atom. The number of thiazole rings is 1. The number of nitrogens with zero attached hydrogens (tertiary/aromatic N) is 6. The van der Waals surface area contributed by atoms with Crippen molar-refractivity contribution in [1.82, 2.24) is 24.8 Å². The van der Waals surface area contributed by atoms with Gasteiger partial charge in [-0.3, -0.25) is 9.69 Å². The lowest BCUT2D eigenvalue weighted by atomic mass is 9.95. The molecule has 0 saturated carbocycles. The van der Waals surface area contributed by atoms with E-state index in [0.29, 0.717) is 6.54 Å². The number of carbonyl (C=O) groups is 1.